The highest BCUT2D eigenvalue weighted by molar-refractivity contribution is 5.94. The summed E-state index contributed by atoms with van der Waals surface area (Å²) in [5.41, 5.74) is 4.40. The highest BCUT2D eigenvalue weighted by Crippen LogP contribution is 2.10. The molecule has 0 fully saturated rings. The van der Waals surface area contributed by atoms with Gasteiger partial charge in [0.15, 0.2) is 0 Å². The molecule has 0 atom stereocenters. The smallest absolute Gasteiger partial charge is 0.253 e. The zero-order valence-corrected chi connectivity index (χ0v) is 13.4. The van der Waals surface area contributed by atoms with Gasteiger partial charge in [-0.15, -0.1) is 0 Å². The van der Waals surface area contributed by atoms with Crippen molar-refractivity contribution in [3.63, 3.8) is 0 Å². The summed E-state index contributed by atoms with van der Waals surface area (Å²) in [4.78, 5) is 24.4. The molecule has 0 unspecified atom stereocenters. The van der Waals surface area contributed by atoms with Crippen molar-refractivity contribution in [2.24, 2.45) is 0 Å². The molecule has 23 heavy (non-hydrogen) atoms. The van der Waals surface area contributed by atoms with E-state index in [0.717, 1.165) is 17.4 Å². The first-order chi connectivity index (χ1) is 11.1. The molecule has 2 N–H and O–H groups in total. The van der Waals surface area contributed by atoms with Crippen LogP contribution in [0.1, 0.15) is 21.5 Å². The molecule has 0 aliphatic carbocycles. The Hall–Kier alpha value is -2.50. The van der Waals surface area contributed by atoms with Crippen LogP contribution in [0, 0.1) is 0 Å². The molecule has 1 amide bonds. The number of nitrogens with zero attached hydrogens (tertiary/aromatic N) is 1. The van der Waals surface area contributed by atoms with E-state index in [4.69, 9.17) is 5.21 Å². The van der Waals surface area contributed by atoms with Crippen molar-refractivity contribution in [1.82, 2.24) is 10.4 Å². The van der Waals surface area contributed by atoms with Crippen molar-refractivity contribution < 1.29 is 14.8 Å². The molecule has 0 aliphatic heterocycles. The number of nitrogens with one attached hydrogen (secondary N) is 1. The number of carbonyl (C=O) groups excluding carboxylic acids is 2. The van der Waals surface area contributed by atoms with Gasteiger partial charge in [-0.1, -0.05) is 42.5 Å². The van der Waals surface area contributed by atoms with E-state index in [1.165, 1.54) is 7.05 Å². The van der Waals surface area contributed by atoms with Crippen LogP contribution in [0.15, 0.2) is 54.6 Å². The Labute approximate surface area is 136 Å². The topological polar surface area (TPSA) is 69.6 Å². The second-order valence-electron chi connectivity index (χ2n) is 4.94. The Balaban J connectivity index is 0.000000816. The summed E-state index contributed by atoms with van der Waals surface area (Å²) < 4.78 is 0. The quantitative estimate of drug-likeness (QED) is 0.656. The van der Waals surface area contributed by atoms with E-state index in [0.29, 0.717) is 18.5 Å². The van der Waals surface area contributed by atoms with Crippen LogP contribution in [0.2, 0.25) is 0 Å². The second kappa shape index (κ2) is 10.3. The average Bonchev–Trinajstić information content (AvgIpc) is 2.57. The molecule has 122 valence electrons. The molecule has 5 heteroatoms. The van der Waals surface area contributed by atoms with Crippen LogP contribution in [-0.2, 0) is 17.8 Å². The Kier molecular flexibility index (Phi) is 8.28. The molecule has 5 nitrogen and oxygen atoms in total. The molecule has 0 saturated heterocycles. The van der Waals surface area contributed by atoms with Crippen molar-refractivity contribution in [3.05, 3.63) is 71.3 Å². The van der Waals surface area contributed by atoms with E-state index < -0.39 is 0 Å². The van der Waals surface area contributed by atoms with E-state index in [-0.39, 0.29) is 5.91 Å². The van der Waals surface area contributed by atoms with Crippen LogP contribution >= 0.6 is 0 Å². The average molecular weight is 314 g/mol. The van der Waals surface area contributed by atoms with Crippen molar-refractivity contribution in [1.29, 1.82) is 0 Å². The van der Waals surface area contributed by atoms with Gasteiger partial charge < -0.3 is 14.9 Å². The number of aldehydes is 1. The fourth-order valence-electron chi connectivity index (χ4n) is 2.03. The minimum atomic E-state index is -0.0218. The molecule has 0 aliphatic rings. The Morgan fingerprint density at radius 1 is 1.09 bits per heavy atom. The van der Waals surface area contributed by atoms with E-state index in [1.807, 2.05) is 42.5 Å². The molecular weight excluding hydrogens is 292 g/mol. The van der Waals surface area contributed by atoms with Crippen LogP contribution in [0.25, 0.3) is 0 Å². The van der Waals surface area contributed by atoms with Crippen LogP contribution in [0.5, 0.6) is 0 Å². The maximum absolute atomic E-state index is 12.3. The standard InChI is InChI=1S/C17H17NO2.CH5NO/c1-18(13-15-5-3-2-4-6-15)17(20)16-9-7-14(8-10-16)11-12-19;1-2-3/h2-10,12H,11,13H2,1H3;2-3H,1H3. The maximum Gasteiger partial charge on any atom is 0.253 e. The molecule has 2 rings (SSSR count). The highest BCUT2D eigenvalue weighted by Gasteiger charge is 2.11. The Morgan fingerprint density at radius 2 is 1.65 bits per heavy atom. The van der Waals surface area contributed by atoms with Gasteiger partial charge in [-0.2, -0.15) is 0 Å². The Morgan fingerprint density at radius 3 is 2.17 bits per heavy atom. The summed E-state index contributed by atoms with van der Waals surface area (Å²) in [6, 6.07) is 17.0. The predicted octanol–water partition coefficient (Wildman–Crippen LogP) is 2.30. The van der Waals surface area contributed by atoms with E-state index in [2.05, 4.69) is 0 Å². The van der Waals surface area contributed by atoms with Gasteiger partial charge >= 0.3 is 0 Å². The van der Waals surface area contributed by atoms with Crippen molar-refractivity contribution >= 4 is 12.2 Å². The number of benzene rings is 2. The largest absolute Gasteiger partial charge is 0.337 e. The summed E-state index contributed by atoms with van der Waals surface area (Å²) in [6.07, 6.45) is 1.24. The molecule has 2 aromatic rings. The number of carbonyl (C=O) groups is 2. The van der Waals surface area contributed by atoms with E-state index in [1.54, 1.807) is 29.6 Å². The molecule has 0 radical (unpaired) electrons. The van der Waals surface area contributed by atoms with E-state index >= 15 is 0 Å². The van der Waals surface area contributed by atoms with Gasteiger partial charge in [-0.25, -0.2) is 5.48 Å². The molecule has 2 aromatic carbocycles. The summed E-state index contributed by atoms with van der Waals surface area (Å²) >= 11 is 0. The van der Waals surface area contributed by atoms with Crippen molar-refractivity contribution in [3.8, 4) is 0 Å². The fourth-order valence-corrected chi connectivity index (χ4v) is 2.03. The first-order valence-electron chi connectivity index (χ1n) is 7.25. The lowest BCUT2D eigenvalue weighted by Gasteiger charge is -2.17. The lowest BCUT2D eigenvalue weighted by Crippen LogP contribution is -2.26. The maximum atomic E-state index is 12.3. The van der Waals surface area contributed by atoms with Crippen LogP contribution in [-0.4, -0.2) is 36.4 Å². The molecule has 0 spiro atoms. The highest BCUT2D eigenvalue weighted by atomic mass is 16.5. The van der Waals surface area contributed by atoms with Crippen LogP contribution in [0.4, 0.5) is 0 Å². The van der Waals surface area contributed by atoms with Gasteiger partial charge in [0.2, 0.25) is 0 Å². The lowest BCUT2D eigenvalue weighted by molar-refractivity contribution is -0.107. The Bertz CT molecular complexity index is 597. The number of amides is 1. The fraction of sp³-hybridized carbons (Fsp3) is 0.222. The van der Waals surface area contributed by atoms with Crippen LogP contribution < -0.4 is 5.48 Å². The molecule has 0 bridgehead atoms. The third kappa shape index (κ3) is 6.42. The summed E-state index contributed by atoms with van der Waals surface area (Å²) in [7, 11) is 3.22. The third-order valence-corrected chi connectivity index (χ3v) is 3.13. The van der Waals surface area contributed by atoms with Crippen molar-refractivity contribution in [2.75, 3.05) is 14.1 Å². The summed E-state index contributed by atoms with van der Waals surface area (Å²) in [5.74, 6) is -0.0218. The molecule has 0 aromatic heterocycles. The third-order valence-electron chi connectivity index (χ3n) is 3.13. The van der Waals surface area contributed by atoms with Gasteiger partial charge in [-0.3, -0.25) is 4.79 Å². The first kappa shape index (κ1) is 18.5. The SMILES string of the molecule is CN(Cc1ccccc1)C(=O)c1ccc(CC=O)cc1.CNO. The number of rotatable bonds is 5. The normalized spacial score (nSPS) is 9.52. The monoisotopic (exact) mass is 314 g/mol. The van der Waals surface area contributed by atoms with Crippen molar-refractivity contribution in [2.45, 2.75) is 13.0 Å². The lowest BCUT2D eigenvalue weighted by atomic mass is 10.1. The second-order valence-corrected chi connectivity index (χ2v) is 4.94. The van der Waals surface area contributed by atoms with Gasteiger partial charge in [0.25, 0.3) is 5.91 Å². The van der Waals surface area contributed by atoms with E-state index in [9.17, 15) is 9.59 Å². The minimum absolute atomic E-state index is 0.0218. The van der Waals surface area contributed by atoms with Gasteiger partial charge in [0.05, 0.1) is 0 Å². The van der Waals surface area contributed by atoms with Crippen LogP contribution in [0.3, 0.4) is 0 Å². The summed E-state index contributed by atoms with van der Waals surface area (Å²) in [5, 5.41) is 7.32. The zero-order valence-electron chi connectivity index (χ0n) is 13.4. The van der Waals surface area contributed by atoms with Gasteiger partial charge in [-0.05, 0) is 23.3 Å². The molecular formula is C18H22N2O3. The predicted molar refractivity (Wildman–Crippen MR) is 89.3 cm³/mol. The number of hydrogen-bond donors (Lipinski definition) is 2. The molecule has 0 heterocycles. The minimum Gasteiger partial charge on any atom is -0.337 e. The number of hydroxylamine groups is 1. The van der Waals surface area contributed by atoms with Gasteiger partial charge in [0.1, 0.15) is 6.29 Å². The number of hydrogen-bond acceptors (Lipinski definition) is 4. The zero-order chi connectivity index (χ0) is 17.1. The van der Waals surface area contributed by atoms with Gasteiger partial charge in [0, 0.05) is 32.6 Å². The molecule has 0 saturated carbocycles. The summed E-state index contributed by atoms with van der Waals surface area (Å²) in [6.45, 7) is 0.579. The first-order valence-corrected chi connectivity index (χ1v) is 7.25.